The highest BCUT2D eigenvalue weighted by Gasteiger charge is 2.32. The highest BCUT2D eigenvalue weighted by atomic mass is 19.1. The zero-order chi connectivity index (χ0) is 22.8. The van der Waals surface area contributed by atoms with E-state index in [1.54, 1.807) is 0 Å². The number of carbonyl (C=O) groups is 2. The molecule has 0 bridgehead atoms. The van der Waals surface area contributed by atoms with Crippen molar-refractivity contribution in [3.05, 3.63) is 69.3 Å². The molecule has 1 aliphatic heterocycles. The van der Waals surface area contributed by atoms with Gasteiger partial charge in [-0.05, 0) is 49.8 Å². The molecule has 2 aromatic rings. The van der Waals surface area contributed by atoms with Crippen molar-refractivity contribution in [3.63, 3.8) is 0 Å². The van der Waals surface area contributed by atoms with Crippen LogP contribution in [0.3, 0.4) is 0 Å². The summed E-state index contributed by atoms with van der Waals surface area (Å²) in [5, 5.41) is 11.2. The Hall–Kier alpha value is -3.36. The van der Waals surface area contributed by atoms with Crippen LogP contribution in [-0.4, -0.2) is 41.2 Å². The molecule has 0 unspecified atom stereocenters. The Kier molecular flexibility index (Phi) is 6.16. The third-order valence-electron chi connectivity index (χ3n) is 5.93. The summed E-state index contributed by atoms with van der Waals surface area (Å²) >= 11 is 0. The van der Waals surface area contributed by atoms with Crippen LogP contribution in [0.25, 0.3) is 0 Å². The molecule has 0 aromatic heterocycles. The first-order valence-corrected chi connectivity index (χ1v) is 10.5. The molecule has 168 valence electrons. The molecule has 0 radical (unpaired) electrons. The fraction of sp³-hybridized carbons (Fsp3) is 0.391. The molecule has 9 heteroatoms. The first-order valence-electron chi connectivity index (χ1n) is 10.5. The van der Waals surface area contributed by atoms with E-state index in [-0.39, 0.29) is 29.9 Å². The molecule has 32 heavy (non-hydrogen) atoms. The maximum atomic E-state index is 14.0. The van der Waals surface area contributed by atoms with Gasteiger partial charge in [0.2, 0.25) is 0 Å². The van der Waals surface area contributed by atoms with Gasteiger partial charge >= 0.3 is 0 Å². The van der Waals surface area contributed by atoms with Crippen LogP contribution < -0.4 is 4.74 Å². The van der Waals surface area contributed by atoms with Gasteiger partial charge in [-0.1, -0.05) is 0 Å². The number of hydrogen-bond donors (Lipinski definition) is 0. The van der Waals surface area contributed by atoms with Crippen LogP contribution in [0.2, 0.25) is 0 Å². The molecule has 7 nitrogen and oxygen atoms in total. The van der Waals surface area contributed by atoms with Crippen molar-refractivity contribution in [2.24, 2.45) is 11.8 Å². The van der Waals surface area contributed by atoms with Crippen molar-refractivity contribution >= 4 is 17.4 Å². The zero-order valence-electron chi connectivity index (χ0n) is 17.3. The number of ketones is 1. The summed E-state index contributed by atoms with van der Waals surface area (Å²) in [5.41, 5.74) is -0.246. The van der Waals surface area contributed by atoms with Gasteiger partial charge in [-0.15, -0.1) is 0 Å². The van der Waals surface area contributed by atoms with Gasteiger partial charge in [-0.3, -0.25) is 19.7 Å². The molecule has 0 atom stereocenters. The van der Waals surface area contributed by atoms with E-state index < -0.39 is 34.2 Å². The second-order valence-corrected chi connectivity index (χ2v) is 8.25. The predicted molar refractivity (Wildman–Crippen MR) is 111 cm³/mol. The van der Waals surface area contributed by atoms with E-state index in [4.69, 9.17) is 4.74 Å². The van der Waals surface area contributed by atoms with Gasteiger partial charge in [0.1, 0.15) is 17.4 Å². The second-order valence-electron chi connectivity index (χ2n) is 8.25. The molecule has 2 aliphatic rings. The van der Waals surface area contributed by atoms with E-state index in [9.17, 15) is 28.5 Å². The number of benzene rings is 2. The summed E-state index contributed by atoms with van der Waals surface area (Å²) in [6.07, 6.45) is 2.75. The number of likely N-dealkylation sites (tertiary alicyclic amines) is 1. The number of nitro groups is 1. The van der Waals surface area contributed by atoms with Gasteiger partial charge in [-0.2, -0.15) is 0 Å². The van der Waals surface area contributed by atoms with Crippen molar-refractivity contribution in [2.45, 2.75) is 25.7 Å². The van der Waals surface area contributed by atoms with E-state index in [2.05, 4.69) is 0 Å². The number of halogens is 2. The minimum Gasteiger partial charge on any atom is -0.492 e. The largest absolute Gasteiger partial charge is 0.492 e. The molecule has 0 N–H and O–H groups in total. The van der Waals surface area contributed by atoms with Crippen molar-refractivity contribution in [3.8, 4) is 5.75 Å². The number of carbonyl (C=O) groups excluding carboxylic acids is 2. The minimum atomic E-state index is -0.900. The number of nitrogens with zero attached hydrogens (tertiary/aromatic N) is 2. The minimum absolute atomic E-state index is 0.120. The van der Waals surface area contributed by atoms with Crippen molar-refractivity contribution in [1.29, 1.82) is 0 Å². The Bertz CT molecular complexity index is 1060. The summed E-state index contributed by atoms with van der Waals surface area (Å²) < 4.78 is 32.8. The summed E-state index contributed by atoms with van der Waals surface area (Å²) in [6, 6.07) is 6.83. The first-order chi connectivity index (χ1) is 15.3. The van der Waals surface area contributed by atoms with Crippen molar-refractivity contribution < 1.29 is 28.0 Å². The topological polar surface area (TPSA) is 89.8 Å². The number of piperidine rings is 1. The Balaban J connectivity index is 1.46. The lowest BCUT2D eigenvalue weighted by atomic mass is 9.88. The average molecular weight is 444 g/mol. The summed E-state index contributed by atoms with van der Waals surface area (Å²) in [7, 11) is 0. The summed E-state index contributed by atoms with van der Waals surface area (Å²) in [6.45, 7) is 0.934. The number of Topliss-reactive ketones (excluding diaryl/α,β-unsaturated/α-hetero) is 1. The Labute approximate surface area is 183 Å². The molecule has 0 spiro atoms. The second kappa shape index (κ2) is 9.02. The smallest absolute Gasteiger partial charge is 0.270 e. The third-order valence-corrected chi connectivity index (χ3v) is 5.93. The number of ether oxygens (including phenoxy) is 1. The lowest BCUT2D eigenvalue weighted by molar-refractivity contribution is -0.384. The zero-order valence-corrected chi connectivity index (χ0v) is 17.3. The molecule has 1 heterocycles. The Morgan fingerprint density at radius 1 is 1.03 bits per heavy atom. The number of hydrogen-bond acceptors (Lipinski definition) is 5. The number of nitro benzene ring substituents is 1. The molecule has 2 aromatic carbocycles. The van der Waals surface area contributed by atoms with Crippen LogP contribution in [0.5, 0.6) is 5.75 Å². The molecule has 1 saturated heterocycles. The fourth-order valence-corrected chi connectivity index (χ4v) is 3.84. The number of amides is 1. The summed E-state index contributed by atoms with van der Waals surface area (Å²) in [4.78, 5) is 37.9. The highest BCUT2D eigenvalue weighted by molar-refractivity contribution is 5.99. The van der Waals surface area contributed by atoms with Gasteiger partial charge < -0.3 is 9.64 Å². The molecular weight excluding hydrogens is 422 g/mol. The maximum absolute atomic E-state index is 14.0. The average Bonchev–Trinajstić information content (AvgIpc) is 3.61. The fourth-order valence-electron chi connectivity index (χ4n) is 3.84. The van der Waals surface area contributed by atoms with Gasteiger partial charge in [0, 0.05) is 37.2 Å². The maximum Gasteiger partial charge on any atom is 0.270 e. The lowest BCUT2D eigenvalue weighted by Crippen LogP contribution is -2.40. The van der Waals surface area contributed by atoms with Crippen LogP contribution in [0.4, 0.5) is 14.5 Å². The summed E-state index contributed by atoms with van der Waals surface area (Å²) in [5.74, 6) is -2.22. The van der Waals surface area contributed by atoms with E-state index in [1.165, 1.54) is 23.1 Å². The van der Waals surface area contributed by atoms with Crippen molar-refractivity contribution in [2.75, 3.05) is 19.7 Å². The third kappa shape index (κ3) is 4.76. The molecular formula is C23H22F2N2O5. The molecule has 1 amide bonds. The van der Waals surface area contributed by atoms with Crippen LogP contribution in [0.15, 0.2) is 36.4 Å². The standard InChI is InChI=1S/C23H22F2N2O5/c24-16-3-5-18(20(25)11-16)22(28)15-7-9-26(10-8-15)23(29)19-12-17(27(30)31)4-6-21(19)32-13-14-1-2-14/h3-6,11-12,14-15H,1-2,7-10,13H2. The van der Waals surface area contributed by atoms with Crippen LogP contribution in [0, 0.1) is 33.6 Å². The molecule has 2 fully saturated rings. The van der Waals surface area contributed by atoms with E-state index >= 15 is 0 Å². The van der Waals surface area contributed by atoms with Gasteiger partial charge in [0.05, 0.1) is 22.7 Å². The van der Waals surface area contributed by atoms with Crippen LogP contribution in [-0.2, 0) is 0 Å². The predicted octanol–water partition coefficient (Wildman–Crippen LogP) is 4.40. The SMILES string of the molecule is O=C(c1ccc(F)cc1F)C1CCN(C(=O)c2cc([N+](=O)[O-])ccc2OCC2CC2)CC1. The lowest BCUT2D eigenvalue weighted by Gasteiger charge is -2.31. The quantitative estimate of drug-likeness (QED) is 0.359. The van der Waals surface area contributed by atoms with E-state index in [1.807, 2.05) is 0 Å². The first kappa shape index (κ1) is 21.9. The normalized spacial score (nSPS) is 16.6. The molecule has 4 rings (SSSR count). The van der Waals surface area contributed by atoms with Crippen LogP contribution >= 0.6 is 0 Å². The van der Waals surface area contributed by atoms with Gasteiger partial charge in [0.25, 0.3) is 11.6 Å². The number of rotatable bonds is 7. The van der Waals surface area contributed by atoms with Gasteiger partial charge in [-0.25, -0.2) is 8.78 Å². The number of non-ortho nitro benzene ring substituents is 1. The van der Waals surface area contributed by atoms with E-state index in [0.29, 0.717) is 37.2 Å². The van der Waals surface area contributed by atoms with E-state index in [0.717, 1.165) is 25.0 Å². The van der Waals surface area contributed by atoms with Crippen molar-refractivity contribution in [1.82, 2.24) is 4.90 Å². The Morgan fingerprint density at radius 2 is 1.75 bits per heavy atom. The molecule has 1 aliphatic carbocycles. The van der Waals surface area contributed by atoms with Crippen LogP contribution in [0.1, 0.15) is 46.4 Å². The molecule has 1 saturated carbocycles. The Morgan fingerprint density at radius 3 is 2.38 bits per heavy atom. The monoisotopic (exact) mass is 444 g/mol. The highest BCUT2D eigenvalue weighted by Crippen LogP contribution is 2.33. The van der Waals surface area contributed by atoms with Gasteiger partial charge in [0.15, 0.2) is 5.78 Å².